The molecule has 0 aliphatic carbocycles. The molecule has 1 aromatic carbocycles. The Hall–Kier alpha value is -2.75. The normalized spacial score (nSPS) is 14.0. The minimum Gasteiger partial charge on any atom is -0.286 e. The van der Waals surface area contributed by atoms with Gasteiger partial charge in [-0.1, -0.05) is 11.8 Å². The van der Waals surface area contributed by atoms with E-state index in [1.807, 2.05) is 20.1 Å². The number of benzene rings is 1. The van der Waals surface area contributed by atoms with Gasteiger partial charge in [-0.3, -0.25) is 19.9 Å². The van der Waals surface area contributed by atoms with Gasteiger partial charge in [-0.25, -0.2) is 19.2 Å². The van der Waals surface area contributed by atoms with Crippen LogP contribution in [0.25, 0.3) is 0 Å². The highest BCUT2D eigenvalue weighted by molar-refractivity contribution is 7.98. The highest BCUT2D eigenvalue weighted by Crippen LogP contribution is 2.34. The first-order chi connectivity index (χ1) is 12.3. The minimum atomic E-state index is -0.832. The second-order valence-electron chi connectivity index (χ2n) is 5.93. The Morgan fingerprint density at radius 3 is 2.69 bits per heavy atom. The Morgan fingerprint density at radius 1 is 1.38 bits per heavy atom. The number of nitro benzene ring substituents is 1. The van der Waals surface area contributed by atoms with Crippen molar-refractivity contribution in [2.24, 2.45) is 0 Å². The lowest BCUT2D eigenvalue weighted by molar-refractivity contribution is -0.385. The largest absolute Gasteiger partial charge is 0.330 e. The molecule has 1 aliphatic rings. The van der Waals surface area contributed by atoms with Crippen molar-refractivity contribution < 1.29 is 14.1 Å². The second-order valence-corrected chi connectivity index (χ2v) is 6.70. The SMILES string of the molecule is CSc1ncc2c(n1)N(C(C)C)C(=O)N(c1ccc([N+](=O)[O-])cc1F)C2. The lowest BCUT2D eigenvalue weighted by Gasteiger charge is -2.38. The van der Waals surface area contributed by atoms with Gasteiger partial charge in [-0.05, 0) is 26.2 Å². The lowest BCUT2D eigenvalue weighted by atomic mass is 10.1. The molecule has 0 unspecified atom stereocenters. The Balaban J connectivity index is 2.07. The number of carbonyl (C=O) groups excluding carboxylic acids is 1. The smallest absolute Gasteiger partial charge is 0.286 e. The molecule has 0 saturated heterocycles. The van der Waals surface area contributed by atoms with Crippen molar-refractivity contribution in [2.45, 2.75) is 31.6 Å². The molecule has 136 valence electrons. The molecule has 0 spiro atoms. The third-order valence-corrected chi connectivity index (χ3v) is 4.51. The molecule has 10 heteroatoms. The number of carbonyl (C=O) groups is 1. The molecule has 0 N–H and O–H groups in total. The van der Waals surface area contributed by atoms with Gasteiger partial charge in [-0.2, -0.15) is 0 Å². The van der Waals surface area contributed by atoms with E-state index in [-0.39, 0.29) is 24.0 Å². The Morgan fingerprint density at radius 2 is 2.12 bits per heavy atom. The summed E-state index contributed by atoms with van der Waals surface area (Å²) < 4.78 is 14.4. The van der Waals surface area contributed by atoms with Crippen LogP contribution >= 0.6 is 11.8 Å². The Bertz CT molecular complexity index is 892. The lowest BCUT2D eigenvalue weighted by Crippen LogP contribution is -2.51. The van der Waals surface area contributed by atoms with E-state index in [4.69, 9.17) is 0 Å². The summed E-state index contributed by atoms with van der Waals surface area (Å²) in [6.45, 7) is 3.75. The van der Waals surface area contributed by atoms with Crippen molar-refractivity contribution in [3.63, 3.8) is 0 Å². The molecule has 1 aliphatic heterocycles. The zero-order chi connectivity index (χ0) is 19.0. The highest BCUT2D eigenvalue weighted by Gasteiger charge is 2.36. The Labute approximate surface area is 153 Å². The average Bonchev–Trinajstić information content (AvgIpc) is 2.60. The molecule has 26 heavy (non-hydrogen) atoms. The van der Waals surface area contributed by atoms with Crippen molar-refractivity contribution >= 4 is 35.0 Å². The summed E-state index contributed by atoms with van der Waals surface area (Å²) in [5.74, 6) is -0.329. The predicted octanol–water partition coefficient (Wildman–Crippen LogP) is 3.60. The summed E-state index contributed by atoms with van der Waals surface area (Å²) >= 11 is 1.36. The van der Waals surface area contributed by atoms with Crippen LogP contribution in [0.4, 0.5) is 26.4 Å². The fourth-order valence-corrected chi connectivity index (χ4v) is 3.08. The van der Waals surface area contributed by atoms with Gasteiger partial charge >= 0.3 is 6.03 Å². The molecular weight excluding hydrogens is 361 g/mol. The minimum absolute atomic E-state index is 0.0224. The van der Waals surface area contributed by atoms with Crippen molar-refractivity contribution in [1.82, 2.24) is 9.97 Å². The van der Waals surface area contributed by atoms with E-state index in [1.165, 1.54) is 33.7 Å². The van der Waals surface area contributed by atoms with Crippen LogP contribution in [0.2, 0.25) is 0 Å². The molecule has 0 fully saturated rings. The van der Waals surface area contributed by atoms with Crippen molar-refractivity contribution in [3.8, 4) is 0 Å². The van der Waals surface area contributed by atoms with E-state index in [0.29, 0.717) is 16.5 Å². The number of fused-ring (bicyclic) bond motifs is 1. The number of anilines is 2. The number of rotatable bonds is 4. The fraction of sp³-hybridized carbons (Fsp3) is 0.312. The number of nitrogens with zero attached hydrogens (tertiary/aromatic N) is 5. The number of thioether (sulfide) groups is 1. The van der Waals surface area contributed by atoms with Crippen LogP contribution in [-0.4, -0.2) is 33.2 Å². The molecule has 0 saturated carbocycles. The number of halogens is 1. The monoisotopic (exact) mass is 377 g/mol. The number of aromatic nitrogens is 2. The van der Waals surface area contributed by atoms with E-state index in [2.05, 4.69) is 9.97 Å². The van der Waals surface area contributed by atoms with Gasteiger partial charge in [0.05, 0.1) is 23.2 Å². The maximum absolute atomic E-state index is 14.4. The summed E-state index contributed by atoms with van der Waals surface area (Å²) in [5, 5.41) is 11.3. The van der Waals surface area contributed by atoms with Crippen LogP contribution in [-0.2, 0) is 6.54 Å². The summed E-state index contributed by atoms with van der Waals surface area (Å²) in [7, 11) is 0. The first-order valence-corrected chi connectivity index (χ1v) is 9.00. The molecule has 2 heterocycles. The third-order valence-electron chi connectivity index (χ3n) is 3.95. The molecule has 1 aromatic heterocycles. The molecule has 3 rings (SSSR count). The number of urea groups is 1. The van der Waals surface area contributed by atoms with Crippen molar-refractivity contribution in [2.75, 3.05) is 16.1 Å². The van der Waals surface area contributed by atoms with E-state index in [1.54, 1.807) is 6.20 Å². The van der Waals surface area contributed by atoms with Crippen LogP contribution in [0.5, 0.6) is 0 Å². The van der Waals surface area contributed by atoms with Gasteiger partial charge < -0.3 is 0 Å². The van der Waals surface area contributed by atoms with E-state index >= 15 is 0 Å². The quantitative estimate of drug-likeness (QED) is 0.350. The van der Waals surface area contributed by atoms with Crippen LogP contribution in [0.1, 0.15) is 19.4 Å². The molecule has 8 nitrogen and oxygen atoms in total. The number of non-ortho nitro benzene ring substituents is 1. The van der Waals surface area contributed by atoms with Crippen molar-refractivity contribution in [3.05, 3.63) is 45.9 Å². The summed E-state index contributed by atoms with van der Waals surface area (Å²) in [4.78, 5) is 34.5. The molecular formula is C16H16FN5O3S. The molecule has 0 radical (unpaired) electrons. The number of nitro groups is 1. The third kappa shape index (κ3) is 3.07. The van der Waals surface area contributed by atoms with Crippen LogP contribution in [0, 0.1) is 15.9 Å². The van der Waals surface area contributed by atoms with Gasteiger partial charge in [0.25, 0.3) is 5.69 Å². The van der Waals surface area contributed by atoms with Crippen LogP contribution in [0.3, 0.4) is 0 Å². The van der Waals surface area contributed by atoms with E-state index in [0.717, 1.165) is 6.07 Å². The van der Waals surface area contributed by atoms with Gasteiger partial charge in [0, 0.05) is 23.9 Å². The molecule has 2 amide bonds. The van der Waals surface area contributed by atoms with Crippen LogP contribution < -0.4 is 9.80 Å². The first kappa shape index (κ1) is 18.1. The molecule has 0 bridgehead atoms. The maximum Gasteiger partial charge on any atom is 0.330 e. The fourth-order valence-electron chi connectivity index (χ4n) is 2.74. The summed E-state index contributed by atoms with van der Waals surface area (Å²) in [6.07, 6.45) is 3.46. The zero-order valence-corrected chi connectivity index (χ0v) is 15.2. The number of amides is 2. The summed E-state index contributed by atoms with van der Waals surface area (Å²) in [5.41, 5.74) is 0.282. The van der Waals surface area contributed by atoms with Gasteiger partial charge in [-0.15, -0.1) is 0 Å². The van der Waals surface area contributed by atoms with Crippen molar-refractivity contribution in [1.29, 1.82) is 0 Å². The highest BCUT2D eigenvalue weighted by atomic mass is 32.2. The zero-order valence-electron chi connectivity index (χ0n) is 14.3. The maximum atomic E-state index is 14.4. The average molecular weight is 377 g/mol. The van der Waals surface area contributed by atoms with E-state index in [9.17, 15) is 19.3 Å². The summed E-state index contributed by atoms with van der Waals surface area (Å²) in [6, 6.07) is 2.58. The molecule has 0 atom stereocenters. The standard InChI is InChI=1S/C16H16FN5O3S/c1-9(2)21-14-10(7-18-15(19-14)26-3)8-20(16(21)23)13-5-4-11(22(24)25)6-12(13)17/h4-7,9H,8H2,1-3H3. The van der Waals surface area contributed by atoms with Crippen LogP contribution in [0.15, 0.2) is 29.6 Å². The van der Waals surface area contributed by atoms with Gasteiger partial charge in [0.1, 0.15) is 5.82 Å². The van der Waals surface area contributed by atoms with Gasteiger partial charge in [0.2, 0.25) is 0 Å². The van der Waals surface area contributed by atoms with Gasteiger partial charge in [0.15, 0.2) is 11.0 Å². The Kier molecular flexibility index (Phi) is 4.77. The topological polar surface area (TPSA) is 92.5 Å². The molecule has 2 aromatic rings. The number of hydrogen-bond donors (Lipinski definition) is 0. The van der Waals surface area contributed by atoms with E-state index < -0.39 is 16.8 Å². The number of hydrogen-bond acceptors (Lipinski definition) is 6. The second kappa shape index (κ2) is 6.87. The first-order valence-electron chi connectivity index (χ1n) is 7.78. The predicted molar refractivity (Wildman–Crippen MR) is 96.1 cm³/mol.